The van der Waals surface area contributed by atoms with Crippen molar-refractivity contribution < 1.29 is 13.9 Å². The van der Waals surface area contributed by atoms with E-state index in [1.165, 1.54) is 11.3 Å². The first-order chi connectivity index (χ1) is 7.07. The second kappa shape index (κ2) is 7.06. The molecule has 7 heteroatoms. The van der Waals surface area contributed by atoms with Gasteiger partial charge in [0.05, 0.1) is 17.7 Å². The molecule has 0 radical (unpaired) electrons. The van der Waals surface area contributed by atoms with Gasteiger partial charge in [0.1, 0.15) is 0 Å². The van der Waals surface area contributed by atoms with Crippen molar-refractivity contribution >= 4 is 41.3 Å². The number of hydrogen-bond donors (Lipinski definition) is 1. The highest BCUT2D eigenvalue weighted by Crippen LogP contribution is 2.30. The largest absolute Gasteiger partial charge is 0.464 e. The summed E-state index contributed by atoms with van der Waals surface area (Å²) in [6.45, 7) is 1.73. The van der Waals surface area contributed by atoms with Gasteiger partial charge in [0.15, 0.2) is 0 Å². The number of rotatable bonds is 4. The average molecular weight is 288 g/mol. The van der Waals surface area contributed by atoms with Gasteiger partial charge in [-0.05, 0) is 18.4 Å². The van der Waals surface area contributed by atoms with E-state index < -0.39 is 18.2 Å². The van der Waals surface area contributed by atoms with Crippen LogP contribution in [0.1, 0.15) is 17.8 Å². The summed E-state index contributed by atoms with van der Waals surface area (Å²) in [6.07, 6.45) is -1.87. The zero-order chi connectivity index (χ0) is 11.4. The Bertz CT molecular complexity index is 348. The Balaban J connectivity index is 0.00000225. The lowest BCUT2D eigenvalue weighted by Crippen LogP contribution is -2.31. The van der Waals surface area contributed by atoms with Gasteiger partial charge in [0.25, 0.3) is 0 Å². The molecule has 0 saturated heterocycles. The predicted octanol–water partition coefficient (Wildman–Crippen LogP) is 2.72. The number of nitrogens with two attached hydrogens (primary N) is 1. The molecule has 1 aromatic rings. The molecule has 1 rings (SSSR count). The molecule has 0 aliphatic heterocycles. The van der Waals surface area contributed by atoms with Crippen LogP contribution in [0.2, 0.25) is 5.02 Å². The summed E-state index contributed by atoms with van der Waals surface area (Å²) in [5.41, 5.74) is 5.57. The summed E-state index contributed by atoms with van der Waals surface area (Å²) in [5, 5.41) is 2.06. The van der Waals surface area contributed by atoms with Crippen LogP contribution >= 0.6 is 35.3 Å². The Kier molecular flexibility index (Phi) is 6.90. The molecule has 0 aliphatic carbocycles. The molecule has 0 amide bonds. The number of ether oxygens (including phenoxy) is 1. The molecule has 0 saturated carbocycles. The van der Waals surface area contributed by atoms with Gasteiger partial charge in [0.2, 0.25) is 6.17 Å². The van der Waals surface area contributed by atoms with E-state index in [0.717, 1.165) is 0 Å². The molecule has 16 heavy (non-hydrogen) atoms. The van der Waals surface area contributed by atoms with Gasteiger partial charge in [-0.2, -0.15) is 0 Å². The summed E-state index contributed by atoms with van der Waals surface area (Å²) >= 11 is 6.99. The van der Waals surface area contributed by atoms with Crippen LogP contribution in [0, 0.1) is 0 Å². The second-order valence-corrected chi connectivity index (χ2v) is 4.17. The molecule has 92 valence electrons. The van der Waals surface area contributed by atoms with Crippen LogP contribution in [0.5, 0.6) is 0 Å². The fourth-order valence-electron chi connectivity index (χ4n) is 1.04. The van der Waals surface area contributed by atoms with Crippen molar-refractivity contribution in [3.05, 3.63) is 21.3 Å². The van der Waals surface area contributed by atoms with E-state index in [1.807, 2.05) is 0 Å². The highest BCUT2D eigenvalue weighted by atomic mass is 35.5. The van der Waals surface area contributed by atoms with E-state index in [1.54, 1.807) is 18.4 Å². The van der Waals surface area contributed by atoms with Crippen LogP contribution in [0.15, 0.2) is 11.4 Å². The fourth-order valence-corrected chi connectivity index (χ4v) is 2.25. The first-order valence-corrected chi connectivity index (χ1v) is 5.62. The fraction of sp³-hybridized carbons (Fsp3) is 0.444. The molecule has 1 unspecified atom stereocenters. The molecule has 0 fully saturated rings. The second-order valence-electron chi connectivity index (χ2n) is 2.81. The summed E-state index contributed by atoms with van der Waals surface area (Å²) in [5.74, 6) is -0.950. The summed E-state index contributed by atoms with van der Waals surface area (Å²) < 4.78 is 18.0. The van der Waals surface area contributed by atoms with Gasteiger partial charge in [0, 0.05) is 4.88 Å². The van der Waals surface area contributed by atoms with Gasteiger partial charge < -0.3 is 10.5 Å². The Morgan fingerprint density at radius 1 is 1.75 bits per heavy atom. The molecule has 1 aromatic heterocycles. The maximum atomic E-state index is 13.5. The number of hydrogen-bond acceptors (Lipinski definition) is 4. The van der Waals surface area contributed by atoms with Crippen molar-refractivity contribution in [2.75, 3.05) is 6.61 Å². The zero-order valence-corrected chi connectivity index (χ0v) is 10.9. The third kappa shape index (κ3) is 3.59. The molecule has 0 spiro atoms. The first kappa shape index (κ1) is 15.6. The number of thiophene rings is 1. The van der Waals surface area contributed by atoms with E-state index in [0.29, 0.717) is 9.90 Å². The van der Waals surface area contributed by atoms with E-state index in [-0.39, 0.29) is 19.0 Å². The topological polar surface area (TPSA) is 52.3 Å². The van der Waals surface area contributed by atoms with Gasteiger partial charge >= 0.3 is 5.97 Å². The maximum absolute atomic E-state index is 13.5. The third-order valence-electron chi connectivity index (χ3n) is 1.77. The van der Waals surface area contributed by atoms with E-state index in [4.69, 9.17) is 17.3 Å². The number of alkyl halides is 1. The minimum atomic E-state index is -1.87. The molecule has 3 nitrogen and oxygen atoms in total. The Labute approximate surface area is 108 Å². The van der Waals surface area contributed by atoms with Crippen LogP contribution in [0.25, 0.3) is 0 Å². The van der Waals surface area contributed by atoms with Crippen LogP contribution in [-0.4, -0.2) is 18.7 Å². The van der Waals surface area contributed by atoms with Gasteiger partial charge in [-0.1, -0.05) is 11.6 Å². The van der Waals surface area contributed by atoms with Crippen molar-refractivity contribution in [3.8, 4) is 0 Å². The Hall–Kier alpha value is -0.360. The highest BCUT2D eigenvalue weighted by molar-refractivity contribution is 7.10. The number of carbonyl (C=O) groups is 1. The molecular formula is C9H12Cl2FNO2S. The van der Waals surface area contributed by atoms with Crippen molar-refractivity contribution in [1.29, 1.82) is 0 Å². The quantitative estimate of drug-likeness (QED) is 0.867. The molecule has 2 N–H and O–H groups in total. The molecule has 0 aromatic carbocycles. The first-order valence-electron chi connectivity index (χ1n) is 4.37. The van der Waals surface area contributed by atoms with Crippen molar-refractivity contribution in [1.82, 2.24) is 0 Å². The van der Waals surface area contributed by atoms with Gasteiger partial charge in [-0.25, -0.2) is 9.18 Å². The SMILES string of the molecule is CCOC(=O)C(F)[C@@H](N)c1sccc1Cl.Cl. The van der Waals surface area contributed by atoms with Crippen LogP contribution in [0.3, 0.4) is 0 Å². The number of halogens is 3. The van der Waals surface area contributed by atoms with Crippen molar-refractivity contribution in [3.63, 3.8) is 0 Å². The normalized spacial score (nSPS) is 13.8. The maximum Gasteiger partial charge on any atom is 0.342 e. The zero-order valence-electron chi connectivity index (χ0n) is 8.48. The minimum Gasteiger partial charge on any atom is -0.464 e. The van der Waals surface area contributed by atoms with Crippen LogP contribution < -0.4 is 5.73 Å². The lowest BCUT2D eigenvalue weighted by Gasteiger charge is -2.14. The summed E-state index contributed by atoms with van der Waals surface area (Å²) in [7, 11) is 0. The summed E-state index contributed by atoms with van der Waals surface area (Å²) in [6, 6.07) is 0.552. The molecule has 1 heterocycles. The average Bonchev–Trinajstić information content (AvgIpc) is 2.62. The van der Waals surface area contributed by atoms with Gasteiger partial charge in [-0.3, -0.25) is 0 Å². The molecular weight excluding hydrogens is 276 g/mol. The number of carbonyl (C=O) groups excluding carboxylic acids is 1. The van der Waals surface area contributed by atoms with Crippen molar-refractivity contribution in [2.45, 2.75) is 19.1 Å². The third-order valence-corrected chi connectivity index (χ3v) is 3.23. The molecule has 2 atom stereocenters. The number of esters is 1. The minimum absolute atomic E-state index is 0. The lowest BCUT2D eigenvalue weighted by atomic mass is 10.1. The summed E-state index contributed by atoms with van der Waals surface area (Å²) in [4.78, 5) is 11.5. The van der Waals surface area contributed by atoms with Gasteiger partial charge in [-0.15, -0.1) is 23.7 Å². The Morgan fingerprint density at radius 2 is 2.38 bits per heavy atom. The van der Waals surface area contributed by atoms with E-state index >= 15 is 0 Å². The molecule has 0 bridgehead atoms. The van der Waals surface area contributed by atoms with Crippen LogP contribution in [-0.2, 0) is 9.53 Å². The lowest BCUT2D eigenvalue weighted by molar-refractivity contribution is -0.149. The van der Waals surface area contributed by atoms with Crippen molar-refractivity contribution in [2.24, 2.45) is 5.73 Å². The Morgan fingerprint density at radius 3 is 2.81 bits per heavy atom. The standard InChI is InChI=1S/C9H11ClFNO2S.ClH/c1-2-14-9(13)6(11)7(12)8-5(10)3-4-15-8;/h3-4,6-7H,2,12H2,1H3;1H/t6?,7-;/m1./s1. The van der Waals surface area contributed by atoms with E-state index in [2.05, 4.69) is 4.74 Å². The monoisotopic (exact) mass is 287 g/mol. The predicted molar refractivity (Wildman–Crippen MR) is 65.0 cm³/mol. The highest BCUT2D eigenvalue weighted by Gasteiger charge is 2.29. The van der Waals surface area contributed by atoms with E-state index in [9.17, 15) is 9.18 Å². The smallest absolute Gasteiger partial charge is 0.342 e. The van der Waals surface area contributed by atoms with Crippen LogP contribution in [0.4, 0.5) is 4.39 Å². The molecule has 0 aliphatic rings.